The molecule has 0 bridgehead atoms. The SMILES string of the molecule is NC1CCCCC1NC(=O)NCC1(C(=O)O)CCCC1. The van der Waals surface area contributed by atoms with Crippen LogP contribution in [-0.4, -0.2) is 35.7 Å². The molecule has 0 radical (unpaired) electrons. The van der Waals surface area contributed by atoms with Crippen molar-refractivity contribution < 1.29 is 14.7 Å². The Morgan fingerprint density at radius 2 is 1.80 bits per heavy atom. The fraction of sp³-hybridized carbons (Fsp3) is 0.857. The highest BCUT2D eigenvalue weighted by Crippen LogP contribution is 2.37. The Bertz CT molecular complexity index is 367. The molecule has 6 heteroatoms. The molecule has 2 rings (SSSR count). The molecule has 20 heavy (non-hydrogen) atoms. The standard InChI is InChI=1S/C14H25N3O3/c15-10-5-1-2-6-11(10)17-13(20)16-9-14(12(18)19)7-3-4-8-14/h10-11H,1-9,15H2,(H,18,19)(H2,16,17,20). The zero-order valence-corrected chi connectivity index (χ0v) is 11.9. The lowest BCUT2D eigenvalue weighted by Crippen LogP contribution is -2.53. The summed E-state index contributed by atoms with van der Waals surface area (Å²) in [6.07, 6.45) is 7.16. The van der Waals surface area contributed by atoms with E-state index in [0.29, 0.717) is 12.8 Å². The first-order valence-corrected chi connectivity index (χ1v) is 7.57. The molecule has 0 aromatic carbocycles. The molecule has 2 unspecified atom stereocenters. The third kappa shape index (κ3) is 3.42. The average molecular weight is 283 g/mol. The Kier molecular flexibility index (Phi) is 4.86. The molecule has 0 aliphatic heterocycles. The van der Waals surface area contributed by atoms with E-state index >= 15 is 0 Å². The van der Waals surface area contributed by atoms with E-state index in [0.717, 1.165) is 38.5 Å². The molecule has 0 aromatic rings. The van der Waals surface area contributed by atoms with Crippen molar-refractivity contribution in [1.29, 1.82) is 0 Å². The number of carboxylic acid groups (broad SMARTS) is 1. The first-order chi connectivity index (χ1) is 9.53. The molecular formula is C14H25N3O3. The molecule has 114 valence electrons. The Labute approximate surface area is 119 Å². The first kappa shape index (κ1) is 15.1. The number of nitrogens with one attached hydrogen (secondary N) is 2. The number of carbonyl (C=O) groups excluding carboxylic acids is 1. The van der Waals surface area contributed by atoms with Gasteiger partial charge in [0.1, 0.15) is 0 Å². The Morgan fingerprint density at radius 3 is 2.40 bits per heavy atom. The number of amides is 2. The Morgan fingerprint density at radius 1 is 1.15 bits per heavy atom. The predicted octanol–water partition coefficient (Wildman–Crippen LogP) is 1.20. The second-order valence-corrected chi connectivity index (χ2v) is 6.17. The zero-order valence-electron chi connectivity index (χ0n) is 11.9. The molecule has 5 N–H and O–H groups in total. The lowest BCUT2D eigenvalue weighted by molar-refractivity contribution is -0.148. The normalized spacial score (nSPS) is 28.9. The molecule has 0 spiro atoms. The molecule has 2 aliphatic rings. The smallest absolute Gasteiger partial charge is 0.315 e. The van der Waals surface area contributed by atoms with Gasteiger partial charge in [-0.05, 0) is 25.7 Å². The van der Waals surface area contributed by atoms with Crippen molar-refractivity contribution in [1.82, 2.24) is 10.6 Å². The van der Waals surface area contributed by atoms with Crippen molar-refractivity contribution in [2.24, 2.45) is 11.1 Å². The summed E-state index contributed by atoms with van der Waals surface area (Å²) >= 11 is 0. The van der Waals surface area contributed by atoms with Crippen LogP contribution in [0.25, 0.3) is 0 Å². The van der Waals surface area contributed by atoms with E-state index in [4.69, 9.17) is 5.73 Å². The second-order valence-electron chi connectivity index (χ2n) is 6.17. The maximum atomic E-state index is 11.9. The van der Waals surface area contributed by atoms with Gasteiger partial charge < -0.3 is 21.5 Å². The average Bonchev–Trinajstić information content (AvgIpc) is 2.89. The summed E-state index contributed by atoms with van der Waals surface area (Å²) < 4.78 is 0. The van der Waals surface area contributed by atoms with Crippen molar-refractivity contribution in [3.8, 4) is 0 Å². The van der Waals surface area contributed by atoms with Crippen LogP contribution in [0, 0.1) is 5.41 Å². The van der Waals surface area contributed by atoms with Gasteiger partial charge >= 0.3 is 12.0 Å². The minimum absolute atomic E-state index is 0.00751. The molecule has 2 fully saturated rings. The number of urea groups is 1. The molecule has 6 nitrogen and oxygen atoms in total. The van der Waals surface area contributed by atoms with Crippen LogP contribution < -0.4 is 16.4 Å². The minimum Gasteiger partial charge on any atom is -0.481 e. The molecular weight excluding hydrogens is 258 g/mol. The van der Waals surface area contributed by atoms with E-state index in [1.807, 2.05) is 0 Å². The van der Waals surface area contributed by atoms with E-state index < -0.39 is 11.4 Å². The van der Waals surface area contributed by atoms with Gasteiger partial charge in [-0.2, -0.15) is 0 Å². The summed E-state index contributed by atoms with van der Waals surface area (Å²) in [7, 11) is 0. The van der Waals surface area contributed by atoms with E-state index in [9.17, 15) is 14.7 Å². The first-order valence-electron chi connectivity index (χ1n) is 7.57. The maximum absolute atomic E-state index is 11.9. The van der Waals surface area contributed by atoms with Crippen LogP contribution in [0.3, 0.4) is 0 Å². The van der Waals surface area contributed by atoms with Gasteiger partial charge in [-0.25, -0.2) is 4.79 Å². The van der Waals surface area contributed by atoms with Gasteiger partial charge in [0.05, 0.1) is 5.41 Å². The van der Waals surface area contributed by atoms with E-state index in [2.05, 4.69) is 10.6 Å². The third-order valence-electron chi connectivity index (χ3n) is 4.74. The zero-order chi connectivity index (χ0) is 14.6. The quantitative estimate of drug-likeness (QED) is 0.622. The Balaban J connectivity index is 1.81. The van der Waals surface area contributed by atoms with E-state index in [-0.39, 0.29) is 24.7 Å². The molecule has 0 aromatic heterocycles. The predicted molar refractivity (Wildman–Crippen MR) is 75.3 cm³/mol. The Hall–Kier alpha value is -1.30. The number of nitrogens with two attached hydrogens (primary N) is 1. The molecule has 0 saturated heterocycles. The number of hydrogen-bond acceptors (Lipinski definition) is 3. The molecule has 2 amide bonds. The van der Waals surface area contributed by atoms with Gasteiger partial charge in [-0.3, -0.25) is 4.79 Å². The second kappa shape index (κ2) is 6.43. The molecule has 2 atom stereocenters. The number of aliphatic carboxylic acids is 1. The van der Waals surface area contributed by atoms with Crippen molar-refractivity contribution >= 4 is 12.0 Å². The fourth-order valence-corrected chi connectivity index (χ4v) is 3.33. The highest BCUT2D eigenvalue weighted by Gasteiger charge is 2.41. The molecule has 2 saturated carbocycles. The van der Waals surface area contributed by atoms with Crippen LogP contribution in [0.5, 0.6) is 0 Å². The van der Waals surface area contributed by atoms with Crippen LogP contribution in [0.4, 0.5) is 4.79 Å². The lowest BCUT2D eigenvalue weighted by atomic mass is 9.86. The summed E-state index contributed by atoms with van der Waals surface area (Å²) in [5.41, 5.74) is 5.21. The highest BCUT2D eigenvalue weighted by atomic mass is 16.4. The van der Waals surface area contributed by atoms with E-state index in [1.165, 1.54) is 0 Å². The van der Waals surface area contributed by atoms with Gasteiger partial charge in [0.2, 0.25) is 0 Å². The van der Waals surface area contributed by atoms with Gasteiger partial charge in [0.25, 0.3) is 0 Å². The molecule has 2 aliphatic carbocycles. The summed E-state index contributed by atoms with van der Waals surface area (Å²) in [5, 5.41) is 15.0. The van der Waals surface area contributed by atoms with E-state index in [1.54, 1.807) is 0 Å². The number of carboxylic acids is 1. The molecule has 0 heterocycles. The van der Waals surface area contributed by atoms with Crippen LogP contribution in [0.2, 0.25) is 0 Å². The van der Waals surface area contributed by atoms with Crippen molar-refractivity contribution in [3.63, 3.8) is 0 Å². The maximum Gasteiger partial charge on any atom is 0.315 e. The van der Waals surface area contributed by atoms with Crippen molar-refractivity contribution in [2.75, 3.05) is 6.54 Å². The highest BCUT2D eigenvalue weighted by molar-refractivity contribution is 5.78. The number of rotatable bonds is 4. The van der Waals surface area contributed by atoms with Crippen LogP contribution in [-0.2, 0) is 4.79 Å². The van der Waals surface area contributed by atoms with Gasteiger partial charge in [-0.15, -0.1) is 0 Å². The van der Waals surface area contributed by atoms with Crippen molar-refractivity contribution in [3.05, 3.63) is 0 Å². The van der Waals surface area contributed by atoms with Crippen molar-refractivity contribution in [2.45, 2.75) is 63.5 Å². The van der Waals surface area contributed by atoms with Gasteiger partial charge in [0.15, 0.2) is 0 Å². The van der Waals surface area contributed by atoms with Gasteiger partial charge in [-0.1, -0.05) is 25.7 Å². The third-order valence-corrected chi connectivity index (χ3v) is 4.74. The fourth-order valence-electron chi connectivity index (χ4n) is 3.33. The van der Waals surface area contributed by atoms with Crippen LogP contribution in [0.15, 0.2) is 0 Å². The van der Waals surface area contributed by atoms with Gasteiger partial charge in [0, 0.05) is 18.6 Å². The van der Waals surface area contributed by atoms with Crippen LogP contribution >= 0.6 is 0 Å². The largest absolute Gasteiger partial charge is 0.481 e. The monoisotopic (exact) mass is 283 g/mol. The summed E-state index contributed by atoms with van der Waals surface area (Å²) in [4.78, 5) is 23.3. The van der Waals surface area contributed by atoms with Crippen LogP contribution in [0.1, 0.15) is 51.4 Å². The lowest BCUT2D eigenvalue weighted by Gasteiger charge is -2.30. The summed E-state index contributed by atoms with van der Waals surface area (Å²) in [6.45, 7) is 0.204. The summed E-state index contributed by atoms with van der Waals surface area (Å²) in [5.74, 6) is -0.801. The number of carbonyl (C=O) groups is 2. The summed E-state index contributed by atoms with van der Waals surface area (Å²) in [6, 6.07) is -0.276. The number of hydrogen-bond donors (Lipinski definition) is 4. The minimum atomic E-state index is -0.801. The topological polar surface area (TPSA) is 104 Å².